The number of amides is 1. The van der Waals surface area contributed by atoms with E-state index < -0.39 is 0 Å². The molecule has 0 radical (unpaired) electrons. The molecule has 146 valence electrons. The zero-order valence-electron chi connectivity index (χ0n) is 15.9. The van der Waals surface area contributed by atoms with Crippen molar-refractivity contribution >= 4 is 18.3 Å². The Morgan fingerprint density at radius 3 is 2.42 bits per heavy atom. The van der Waals surface area contributed by atoms with Crippen molar-refractivity contribution in [2.24, 2.45) is 5.92 Å². The van der Waals surface area contributed by atoms with E-state index in [1.807, 2.05) is 0 Å². The fraction of sp³-hybridized carbons (Fsp3) is 0.650. The number of hydrogen-bond donors (Lipinski definition) is 1. The summed E-state index contributed by atoms with van der Waals surface area (Å²) in [5, 5.41) is 3.34. The fourth-order valence-corrected chi connectivity index (χ4v) is 3.81. The monoisotopic (exact) mass is 380 g/mol. The Labute approximate surface area is 164 Å². The summed E-state index contributed by atoms with van der Waals surface area (Å²) >= 11 is 0. The highest BCUT2D eigenvalue weighted by Gasteiger charge is 2.28. The number of likely N-dealkylation sites (N-methyl/N-ethyl adjacent to an activating group) is 1. The molecule has 0 saturated carbocycles. The van der Waals surface area contributed by atoms with Crippen LogP contribution in [0.15, 0.2) is 30.3 Å². The Bertz CT molecular complexity index is 528. The summed E-state index contributed by atoms with van der Waals surface area (Å²) in [7, 11) is 2.18. The van der Waals surface area contributed by atoms with E-state index in [9.17, 15) is 4.79 Å². The standard InChI is InChI=1S/C20H32N4O.ClH/c1-22(17-18-5-3-2-4-6-18)11-12-23-13-15-24(16-14-23)20(25)19-7-9-21-10-8-19;/h2-6,19,21H,7-17H2,1H3;1H. The number of carbonyl (C=O) groups excluding carboxylic acids is 1. The molecule has 2 saturated heterocycles. The second-order valence-electron chi connectivity index (χ2n) is 7.41. The average molecular weight is 381 g/mol. The van der Waals surface area contributed by atoms with Gasteiger partial charge in [0.05, 0.1) is 0 Å². The first-order chi connectivity index (χ1) is 12.2. The van der Waals surface area contributed by atoms with Crippen molar-refractivity contribution in [2.45, 2.75) is 19.4 Å². The normalized spacial score (nSPS) is 19.4. The Hall–Kier alpha value is -1.14. The molecule has 1 amide bonds. The van der Waals surface area contributed by atoms with Crippen molar-refractivity contribution in [1.29, 1.82) is 0 Å². The minimum absolute atomic E-state index is 0. The minimum Gasteiger partial charge on any atom is -0.340 e. The first-order valence-corrected chi connectivity index (χ1v) is 9.67. The van der Waals surface area contributed by atoms with Crippen LogP contribution >= 0.6 is 12.4 Å². The van der Waals surface area contributed by atoms with E-state index in [2.05, 4.69) is 57.4 Å². The molecule has 2 aliphatic rings. The van der Waals surface area contributed by atoms with Crippen LogP contribution in [-0.4, -0.2) is 80.0 Å². The maximum Gasteiger partial charge on any atom is 0.225 e. The summed E-state index contributed by atoms with van der Waals surface area (Å²) in [6.45, 7) is 8.93. The number of rotatable bonds is 6. The van der Waals surface area contributed by atoms with Crippen LogP contribution in [0.5, 0.6) is 0 Å². The highest BCUT2D eigenvalue weighted by Crippen LogP contribution is 2.16. The summed E-state index contributed by atoms with van der Waals surface area (Å²) in [5.41, 5.74) is 1.36. The Morgan fingerprint density at radius 1 is 1.12 bits per heavy atom. The van der Waals surface area contributed by atoms with Crippen LogP contribution in [0.3, 0.4) is 0 Å². The van der Waals surface area contributed by atoms with Crippen LogP contribution in [0, 0.1) is 5.92 Å². The molecule has 0 unspecified atom stereocenters. The second kappa shape index (κ2) is 10.9. The molecular formula is C20H33ClN4O. The number of benzene rings is 1. The smallest absolute Gasteiger partial charge is 0.225 e. The van der Waals surface area contributed by atoms with Crippen LogP contribution in [0.1, 0.15) is 18.4 Å². The van der Waals surface area contributed by atoms with E-state index >= 15 is 0 Å². The number of nitrogens with zero attached hydrogens (tertiary/aromatic N) is 3. The van der Waals surface area contributed by atoms with Crippen molar-refractivity contribution < 1.29 is 4.79 Å². The molecule has 1 aromatic carbocycles. The lowest BCUT2D eigenvalue weighted by atomic mass is 9.96. The van der Waals surface area contributed by atoms with Crippen LogP contribution in [0.2, 0.25) is 0 Å². The summed E-state index contributed by atoms with van der Waals surface area (Å²) < 4.78 is 0. The third kappa shape index (κ3) is 6.23. The predicted molar refractivity (Wildman–Crippen MR) is 109 cm³/mol. The van der Waals surface area contributed by atoms with Crippen LogP contribution < -0.4 is 5.32 Å². The van der Waals surface area contributed by atoms with Gasteiger partial charge in [-0.3, -0.25) is 9.69 Å². The van der Waals surface area contributed by atoms with Gasteiger partial charge in [0.15, 0.2) is 0 Å². The lowest BCUT2D eigenvalue weighted by molar-refractivity contribution is -0.138. The van der Waals surface area contributed by atoms with E-state index in [0.717, 1.165) is 71.7 Å². The van der Waals surface area contributed by atoms with Crippen molar-refractivity contribution in [1.82, 2.24) is 20.0 Å². The molecule has 0 aromatic heterocycles. The maximum atomic E-state index is 12.6. The van der Waals surface area contributed by atoms with E-state index in [4.69, 9.17) is 0 Å². The van der Waals surface area contributed by atoms with Gasteiger partial charge in [0.2, 0.25) is 5.91 Å². The molecular weight excluding hydrogens is 348 g/mol. The van der Waals surface area contributed by atoms with Gasteiger partial charge in [-0.1, -0.05) is 30.3 Å². The van der Waals surface area contributed by atoms with E-state index in [-0.39, 0.29) is 18.3 Å². The van der Waals surface area contributed by atoms with Gasteiger partial charge < -0.3 is 15.1 Å². The quantitative estimate of drug-likeness (QED) is 0.815. The van der Waals surface area contributed by atoms with Crippen molar-refractivity contribution in [3.63, 3.8) is 0 Å². The third-order valence-corrected chi connectivity index (χ3v) is 5.47. The summed E-state index contributed by atoms with van der Waals surface area (Å²) in [5.74, 6) is 0.646. The molecule has 1 aromatic rings. The molecule has 1 N–H and O–H groups in total. The van der Waals surface area contributed by atoms with Crippen molar-refractivity contribution in [3.8, 4) is 0 Å². The number of piperidine rings is 1. The van der Waals surface area contributed by atoms with Gasteiger partial charge in [-0.15, -0.1) is 12.4 Å². The van der Waals surface area contributed by atoms with E-state index in [0.29, 0.717) is 5.91 Å². The van der Waals surface area contributed by atoms with Crippen LogP contribution in [-0.2, 0) is 11.3 Å². The lowest BCUT2D eigenvalue weighted by Crippen LogP contribution is -2.52. The Kier molecular flexibility index (Phi) is 8.85. The number of halogens is 1. The van der Waals surface area contributed by atoms with E-state index in [1.165, 1.54) is 5.56 Å². The molecule has 2 fully saturated rings. The number of hydrogen-bond acceptors (Lipinski definition) is 4. The van der Waals surface area contributed by atoms with Crippen LogP contribution in [0.25, 0.3) is 0 Å². The van der Waals surface area contributed by atoms with Gasteiger partial charge in [0, 0.05) is 51.7 Å². The van der Waals surface area contributed by atoms with Gasteiger partial charge in [-0.25, -0.2) is 0 Å². The summed E-state index contributed by atoms with van der Waals surface area (Å²) in [4.78, 5) is 19.6. The molecule has 2 heterocycles. The lowest BCUT2D eigenvalue weighted by Gasteiger charge is -2.37. The predicted octanol–water partition coefficient (Wildman–Crippen LogP) is 1.68. The molecule has 2 aliphatic heterocycles. The number of piperazine rings is 1. The first-order valence-electron chi connectivity index (χ1n) is 9.67. The minimum atomic E-state index is 0. The highest BCUT2D eigenvalue weighted by molar-refractivity contribution is 5.85. The zero-order valence-corrected chi connectivity index (χ0v) is 16.7. The first kappa shape index (κ1) is 21.2. The number of nitrogens with one attached hydrogen (secondary N) is 1. The van der Waals surface area contributed by atoms with Crippen LogP contribution in [0.4, 0.5) is 0 Å². The average Bonchev–Trinajstić information content (AvgIpc) is 2.68. The van der Waals surface area contributed by atoms with E-state index in [1.54, 1.807) is 0 Å². The molecule has 5 nitrogen and oxygen atoms in total. The topological polar surface area (TPSA) is 38.8 Å². The molecule has 26 heavy (non-hydrogen) atoms. The van der Waals surface area contributed by atoms with Crippen molar-refractivity contribution in [2.75, 3.05) is 59.4 Å². The van der Waals surface area contributed by atoms with Gasteiger partial charge in [-0.05, 0) is 38.5 Å². The van der Waals surface area contributed by atoms with Gasteiger partial charge in [0.1, 0.15) is 0 Å². The van der Waals surface area contributed by atoms with Gasteiger partial charge >= 0.3 is 0 Å². The zero-order chi connectivity index (χ0) is 17.5. The summed E-state index contributed by atoms with van der Waals surface area (Å²) in [6, 6.07) is 10.6. The molecule has 0 bridgehead atoms. The highest BCUT2D eigenvalue weighted by atomic mass is 35.5. The fourth-order valence-electron chi connectivity index (χ4n) is 3.81. The summed E-state index contributed by atoms with van der Waals surface area (Å²) in [6.07, 6.45) is 2.01. The molecule has 6 heteroatoms. The number of carbonyl (C=O) groups is 1. The van der Waals surface area contributed by atoms with Gasteiger partial charge in [-0.2, -0.15) is 0 Å². The van der Waals surface area contributed by atoms with Crippen molar-refractivity contribution in [3.05, 3.63) is 35.9 Å². The Balaban J connectivity index is 0.00000243. The molecule has 0 atom stereocenters. The van der Waals surface area contributed by atoms with Gasteiger partial charge in [0.25, 0.3) is 0 Å². The third-order valence-electron chi connectivity index (χ3n) is 5.47. The molecule has 3 rings (SSSR count). The molecule has 0 aliphatic carbocycles. The SMILES string of the molecule is CN(CCN1CCN(C(=O)C2CCNCC2)CC1)Cc1ccccc1.Cl. The molecule has 0 spiro atoms. The Morgan fingerprint density at radius 2 is 1.77 bits per heavy atom. The second-order valence-corrected chi connectivity index (χ2v) is 7.41. The maximum absolute atomic E-state index is 12.6. The largest absolute Gasteiger partial charge is 0.340 e.